The molecule has 1 aliphatic carbocycles. The number of rotatable bonds is 4. The van der Waals surface area contributed by atoms with Crippen LogP contribution in [0.15, 0.2) is 18.2 Å². The van der Waals surface area contributed by atoms with E-state index in [0.29, 0.717) is 19.4 Å². The van der Waals surface area contributed by atoms with Gasteiger partial charge in [0.2, 0.25) is 0 Å². The first-order chi connectivity index (χ1) is 9.95. The maximum atomic E-state index is 11.9. The van der Waals surface area contributed by atoms with Crippen molar-refractivity contribution in [2.24, 2.45) is 11.8 Å². The van der Waals surface area contributed by atoms with Crippen molar-refractivity contribution in [3.63, 3.8) is 0 Å². The standard InChI is InChI=1S/C15H19NO5/c17-12-5-11(6-13(18)7-12)14(19)16-8-9-1-3-10(4-2-9)15(20)21/h5-7,9-10,17-18H,1-4,8H2,(H,16,19)(H,20,21). The summed E-state index contributed by atoms with van der Waals surface area (Å²) in [5, 5.41) is 30.4. The summed E-state index contributed by atoms with van der Waals surface area (Å²) in [5.41, 5.74) is 0.201. The molecule has 1 aromatic rings. The van der Waals surface area contributed by atoms with Gasteiger partial charge in [-0.05, 0) is 43.7 Å². The van der Waals surface area contributed by atoms with E-state index < -0.39 is 5.97 Å². The highest BCUT2D eigenvalue weighted by Crippen LogP contribution is 2.28. The molecular weight excluding hydrogens is 274 g/mol. The molecule has 0 bridgehead atoms. The van der Waals surface area contributed by atoms with Gasteiger partial charge in [0, 0.05) is 18.2 Å². The lowest BCUT2D eigenvalue weighted by atomic mass is 9.82. The van der Waals surface area contributed by atoms with Gasteiger partial charge in [0.25, 0.3) is 5.91 Å². The highest BCUT2D eigenvalue weighted by Gasteiger charge is 2.26. The third-order valence-electron chi connectivity index (χ3n) is 3.91. The van der Waals surface area contributed by atoms with E-state index in [0.717, 1.165) is 18.9 Å². The number of phenolic OH excluding ortho intramolecular Hbond substituents is 2. The molecule has 2 rings (SSSR count). The zero-order valence-corrected chi connectivity index (χ0v) is 11.6. The molecule has 1 aliphatic rings. The lowest BCUT2D eigenvalue weighted by molar-refractivity contribution is -0.143. The van der Waals surface area contributed by atoms with Gasteiger partial charge in [-0.25, -0.2) is 0 Å². The van der Waals surface area contributed by atoms with Crippen LogP contribution in [0.1, 0.15) is 36.0 Å². The Labute approximate surface area is 122 Å². The van der Waals surface area contributed by atoms with Gasteiger partial charge < -0.3 is 20.6 Å². The Morgan fingerprint density at radius 1 is 1.05 bits per heavy atom. The SMILES string of the molecule is O=C(NCC1CCC(C(=O)O)CC1)c1cc(O)cc(O)c1. The Kier molecular flexibility index (Phi) is 4.67. The van der Waals surface area contributed by atoms with E-state index in [1.807, 2.05) is 0 Å². The molecule has 0 aliphatic heterocycles. The quantitative estimate of drug-likeness (QED) is 0.676. The average molecular weight is 293 g/mol. The molecule has 0 atom stereocenters. The van der Waals surface area contributed by atoms with Gasteiger partial charge in [0.15, 0.2) is 0 Å². The zero-order chi connectivity index (χ0) is 15.4. The monoisotopic (exact) mass is 293 g/mol. The summed E-state index contributed by atoms with van der Waals surface area (Å²) in [7, 11) is 0. The summed E-state index contributed by atoms with van der Waals surface area (Å²) >= 11 is 0. The number of hydrogen-bond acceptors (Lipinski definition) is 4. The van der Waals surface area contributed by atoms with Gasteiger partial charge in [-0.2, -0.15) is 0 Å². The molecule has 1 fully saturated rings. The van der Waals surface area contributed by atoms with Crippen molar-refractivity contribution in [1.82, 2.24) is 5.32 Å². The van der Waals surface area contributed by atoms with Crippen LogP contribution in [-0.2, 0) is 4.79 Å². The first-order valence-corrected chi connectivity index (χ1v) is 6.99. The lowest BCUT2D eigenvalue weighted by Gasteiger charge is -2.26. The Balaban J connectivity index is 1.83. The molecule has 0 aromatic heterocycles. The van der Waals surface area contributed by atoms with Crippen LogP contribution in [0, 0.1) is 11.8 Å². The molecule has 0 saturated heterocycles. The number of nitrogens with one attached hydrogen (secondary N) is 1. The number of carboxylic acid groups (broad SMARTS) is 1. The molecular formula is C15H19NO5. The first kappa shape index (κ1) is 15.2. The number of benzene rings is 1. The molecule has 6 nitrogen and oxygen atoms in total. The van der Waals surface area contributed by atoms with Gasteiger partial charge in [-0.3, -0.25) is 9.59 Å². The first-order valence-electron chi connectivity index (χ1n) is 6.99. The third kappa shape index (κ3) is 4.11. The van der Waals surface area contributed by atoms with E-state index in [2.05, 4.69) is 5.32 Å². The number of carboxylic acids is 1. The van der Waals surface area contributed by atoms with Crippen LogP contribution >= 0.6 is 0 Å². The second kappa shape index (κ2) is 6.47. The summed E-state index contributed by atoms with van der Waals surface area (Å²) in [6.45, 7) is 0.474. The molecule has 6 heteroatoms. The van der Waals surface area contributed by atoms with Gasteiger partial charge in [0.05, 0.1) is 5.92 Å². The Hall–Kier alpha value is -2.24. The topological polar surface area (TPSA) is 107 Å². The van der Waals surface area contributed by atoms with Crippen molar-refractivity contribution in [3.8, 4) is 11.5 Å². The number of hydrogen-bond donors (Lipinski definition) is 4. The molecule has 0 heterocycles. The molecule has 1 aromatic carbocycles. The highest BCUT2D eigenvalue weighted by atomic mass is 16.4. The van der Waals surface area contributed by atoms with E-state index in [1.54, 1.807) is 0 Å². The Morgan fingerprint density at radius 3 is 2.14 bits per heavy atom. The Bertz CT molecular complexity index is 515. The molecule has 0 unspecified atom stereocenters. The van der Waals surface area contributed by atoms with E-state index in [4.69, 9.17) is 5.11 Å². The van der Waals surface area contributed by atoms with Gasteiger partial charge in [0.1, 0.15) is 11.5 Å². The fourth-order valence-corrected chi connectivity index (χ4v) is 2.68. The third-order valence-corrected chi connectivity index (χ3v) is 3.91. The molecule has 0 spiro atoms. The minimum atomic E-state index is -0.743. The van der Waals surface area contributed by atoms with Crippen molar-refractivity contribution in [1.29, 1.82) is 0 Å². The maximum absolute atomic E-state index is 11.9. The van der Waals surface area contributed by atoms with Crippen molar-refractivity contribution in [2.45, 2.75) is 25.7 Å². The van der Waals surface area contributed by atoms with Crippen LogP contribution in [0.25, 0.3) is 0 Å². The van der Waals surface area contributed by atoms with Crippen LogP contribution in [0.5, 0.6) is 11.5 Å². The highest BCUT2D eigenvalue weighted by molar-refractivity contribution is 5.95. The molecule has 0 radical (unpaired) electrons. The zero-order valence-electron chi connectivity index (χ0n) is 11.6. The second-order valence-corrected chi connectivity index (χ2v) is 5.50. The van der Waals surface area contributed by atoms with Gasteiger partial charge >= 0.3 is 5.97 Å². The normalized spacial score (nSPS) is 21.7. The maximum Gasteiger partial charge on any atom is 0.306 e. The Morgan fingerprint density at radius 2 is 1.62 bits per heavy atom. The van der Waals surface area contributed by atoms with Crippen LogP contribution in [0.3, 0.4) is 0 Å². The van der Waals surface area contributed by atoms with Crippen molar-refractivity contribution < 1.29 is 24.9 Å². The van der Waals surface area contributed by atoms with Gasteiger partial charge in [-0.15, -0.1) is 0 Å². The van der Waals surface area contributed by atoms with Crippen molar-refractivity contribution in [3.05, 3.63) is 23.8 Å². The molecule has 1 amide bonds. The predicted octanol–water partition coefficient (Wildman–Crippen LogP) is 1.72. The fourth-order valence-electron chi connectivity index (χ4n) is 2.68. The number of carbonyl (C=O) groups is 2. The van der Waals surface area contributed by atoms with Crippen LogP contribution in [0.2, 0.25) is 0 Å². The van der Waals surface area contributed by atoms with E-state index in [-0.39, 0.29) is 34.8 Å². The van der Waals surface area contributed by atoms with Crippen LogP contribution < -0.4 is 5.32 Å². The summed E-state index contributed by atoms with van der Waals surface area (Å²) < 4.78 is 0. The predicted molar refractivity (Wildman–Crippen MR) is 75.2 cm³/mol. The number of aromatic hydroxyl groups is 2. The van der Waals surface area contributed by atoms with Gasteiger partial charge in [-0.1, -0.05) is 0 Å². The smallest absolute Gasteiger partial charge is 0.306 e. The summed E-state index contributed by atoms with van der Waals surface area (Å²) in [5.74, 6) is -1.42. The van der Waals surface area contributed by atoms with E-state index >= 15 is 0 Å². The van der Waals surface area contributed by atoms with Crippen LogP contribution in [-0.4, -0.2) is 33.7 Å². The number of phenols is 2. The second-order valence-electron chi connectivity index (χ2n) is 5.50. The summed E-state index contributed by atoms with van der Waals surface area (Å²) in [6.07, 6.45) is 2.84. The lowest BCUT2D eigenvalue weighted by Crippen LogP contribution is -2.32. The average Bonchev–Trinajstić information content (AvgIpc) is 2.44. The van der Waals surface area contributed by atoms with E-state index in [9.17, 15) is 19.8 Å². The fraction of sp³-hybridized carbons (Fsp3) is 0.467. The summed E-state index contributed by atoms with van der Waals surface area (Å²) in [6, 6.07) is 3.73. The number of carbonyl (C=O) groups excluding carboxylic acids is 1. The largest absolute Gasteiger partial charge is 0.508 e. The van der Waals surface area contributed by atoms with Crippen LogP contribution in [0.4, 0.5) is 0 Å². The number of aliphatic carboxylic acids is 1. The minimum absolute atomic E-state index is 0.165. The van der Waals surface area contributed by atoms with Crippen molar-refractivity contribution in [2.75, 3.05) is 6.54 Å². The molecule has 114 valence electrons. The number of amides is 1. The minimum Gasteiger partial charge on any atom is -0.508 e. The molecule has 21 heavy (non-hydrogen) atoms. The molecule has 1 saturated carbocycles. The molecule has 4 N–H and O–H groups in total. The summed E-state index contributed by atoms with van der Waals surface area (Å²) in [4.78, 5) is 22.8. The van der Waals surface area contributed by atoms with E-state index in [1.165, 1.54) is 12.1 Å². The van der Waals surface area contributed by atoms with Crippen molar-refractivity contribution >= 4 is 11.9 Å².